The molecule has 6 heavy (non-hydrogen) atoms. The molecule has 0 saturated heterocycles. The van der Waals surface area contributed by atoms with Crippen molar-refractivity contribution in [3.05, 3.63) is 0 Å². The maximum atomic E-state index is 9.08. The van der Waals surface area contributed by atoms with Crippen LogP contribution in [0.4, 0.5) is 0 Å². The maximum Gasteiger partial charge on any atom is 3.00 e. The van der Waals surface area contributed by atoms with Crippen molar-refractivity contribution in [1.82, 2.24) is 0 Å². The molecule has 0 fully saturated rings. The summed E-state index contributed by atoms with van der Waals surface area (Å²) in [4.78, 5) is 0. The second-order valence-corrected chi connectivity index (χ2v) is 2.11. The van der Waals surface area contributed by atoms with Crippen molar-refractivity contribution < 1.29 is 13.0 Å². The van der Waals surface area contributed by atoms with Gasteiger partial charge in [0.25, 0.3) is 0 Å². The Kier molecular flexibility index (Phi) is 4.77. The number of hydrogen-bond donors (Lipinski definition) is 0. The molecule has 0 unspecified atom stereocenters. The molecule has 0 aromatic carbocycles. The van der Waals surface area contributed by atoms with Gasteiger partial charge in [-0.1, -0.05) is 0 Å². The van der Waals surface area contributed by atoms with Gasteiger partial charge in [0.05, 0.1) is 10.1 Å². The van der Waals surface area contributed by atoms with E-state index in [1.807, 2.05) is 0 Å². The topological polar surface area (TPSA) is 57.2 Å². The fourth-order valence-corrected chi connectivity index (χ4v) is 0. The Labute approximate surface area is 55.6 Å². The van der Waals surface area contributed by atoms with Crippen molar-refractivity contribution in [2.75, 3.05) is 6.26 Å². The van der Waals surface area contributed by atoms with E-state index in [0.717, 1.165) is 0 Å². The predicted molar refractivity (Wildman–Crippen MR) is 21.4 cm³/mol. The molecule has 0 bridgehead atoms. The molecule has 0 spiro atoms. The van der Waals surface area contributed by atoms with Crippen LogP contribution in [-0.4, -0.2) is 45.4 Å². The van der Waals surface area contributed by atoms with Crippen molar-refractivity contribution >= 4 is 36.3 Å². The van der Waals surface area contributed by atoms with Gasteiger partial charge >= 0.3 is 26.2 Å². The third-order valence-corrected chi connectivity index (χ3v) is 0. The molecule has 0 aromatic heterocycles. The first-order chi connectivity index (χ1) is 2.00. The fourth-order valence-electron chi connectivity index (χ4n) is 0. The van der Waals surface area contributed by atoms with Gasteiger partial charge in [0.15, 0.2) is 0 Å². The molecule has 2 radical (unpaired) electrons. The van der Waals surface area contributed by atoms with Crippen LogP contribution in [0, 0.1) is 0 Å². The molecule has 0 N–H and O–H groups in total. The van der Waals surface area contributed by atoms with Crippen molar-refractivity contribution in [3.63, 3.8) is 0 Å². The Morgan fingerprint density at radius 2 is 1.50 bits per heavy atom. The smallest absolute Gasteiger partial charge is 0.748 e. The van der Waals surface area contributed by atoms with Crippen molar-refractivity contribution in [2.24, 2.45) is 0 Å². The first kappa shape index (κ1) is 9.92. The molecule has 0 heterocycles. The van der Waals surface area contributed by atoms with E-state index in [1.165, 1.54) is 0 Å². The summed E-state index contributed by atoms with van der Waals surface area (Å²) in [7, 11) is -3.92. The first-order valence-corrected chi connectivity index (χ1v) is 2.72. The van der Waals surface area contributed by atoms with Gasteiger partial charge in [-0.2, -0.15) is 0 Å². The fraction of sp³-hybridized carbons (Fsp3) is 1.00. The van der Waals surface area contributed by atoms with E-state index in [4.69, 9.17) is 13.0 Å². The summed E-state index contributed by atoms with van der Waals surface area (Å²) in [6, 6.07) is 0. The average molecular weight is 304 g/mol. The van der Waals surface area contributed by atoms with Crippen molar-refractivity contribution in [3.8, 4) is 0 Å². The molecular formula is CH3BiO3S+2. The molecular weight excluding hydrogens is 301 g/mol. The molecule has 5 heteroatoms. The van der Waals surface area contributed by atoms with Gasteiger partial charge < -0.3 is 4.55 Å². The Morgan fingerprint density at radius 1 is 1.50 bits per heavy atom. The zero-order valence-corrected chi connectivity index (χ0v) is 7.37. The van der Waals surface area contributed by atoms with Crippen LogP contribution in [0.5, 0.6) is 0 Å². The second-order valence-electron chi connectivity index (χ2n) is 0.704. The molecule has 0 atom stereocenters. The van der Waals surface area contributed by atoms with E-state index in [-0.39, 0.29) is 26.2 Å². The van der Waals surface area contributed by atoms with E-state index in [9.17, 15) is 0 Å². The number of hydrogen-bond acceptors (Lipinski definition) is 3. The first-order valence-electron chi connectivity index (χ1n) is 0.908. The van der Waals surface area contributed by atoms with E-state index in [2.05, 4.69) is 0 Å². The predicted octanol–water partition coefficient (Wildman–Crippen LogP) is -1.22. The summed E-state index contributed by atoms with van der Waals surface area (Å²) < 4.78 is 27.2. The minimum absolute atomic E-state index is 0. The Morgan fingerprint density at radius 3 is 1.50 bits per heavy atom. The van der Waals surface area contributed by atoms with Gasteiger partial charge in [-0.15, -0.1) is 0 Å². The van der Waals surface area contributed by atoms with Crippen LogP contribution < -0.4 is 0 Å². The van der Waals surface area contributed by atoms with Gasteiger partial charge in [-0.05, 0) is 0 Å². The molecule has 0 aromatic rings. The third-order valence-electron chi connectivity index (χ3n) is 0. The Bertz CT molecular complexity index is 94.0. The van der Waals surface area contributed by atoms with Gasteiger partial charge in [0.2, 0.25) is 0 Å². The van der Waals surface area contributed by atoms with E-state index < -0.39 is 10.1 Å². The maximum absolute atomic E-state index is 9.08. The summed E-state index contributed by atoms with van der Waals surface area (Å²) >= 11 is 0. The van der Waals surface area contributed by atoms with Crippen LogP contribution in [0.1, 0.15) is 0 Å². The largest absolute Gasteiger partial charge is 3.00 e. The van der Waals surface area contributed by atoms with Crippen molar-refractivity contribution in [2.45, 2.75) is 0 Å². The monoisotopic (exact) mass is 304 g/mol. The van der Waals surface area contributed by atoms with Crippen LogP contribution in [0.3, 0.4) is 0 Å². The van der Waals surface area contributed by atoms with Gasteiger partial charge in [0, 0.05) is 6.26 Å². The number of rotatable bonds is 0. The average Bonchev–Trinajstić information content (AvgIpc) is 0.722. The summed E-state index contributed by atoms with van der Waals surface area (Å²) in [5, 5.41) is 0. The molecule has 0 rings (SSSR count). The molecule has 0 saturated carbocycles. The molecule has 0 aliphatic heterocycles. The van der Waals surface area contributed by atoms with Crippen LogP contribution in [0.25, 0.3) is 0 Å². The van der Waals surface area contributed by atoms with Gasteiger partial charge in [-0.3, -0.25) is 0 Å². The standard InChI is InChI=1S/CH4O3S.Bi/c1-5(2,3)4;/h1H3,(H,2,3,4);/q;+3/p-1. The van der Waals surface area contributed by atoms with Crippen molar-refractivity contribution in [1.29, 1.82) is 0 Å². The van der Waals surface area contributed by atoms with Gasteiger partial charge in [0.1, 0.15) is 0 Å². The van der Waals surface area contributed by atoms with Gasteiger partial charge in [-0.25, -0.2) is 8.42 Å². The summed E-state index contributed by atoms with van der Waals surface area (Å²) in [6.07, 6.45) is 0.604. The zero-order chi connectivity index (χ0) is 4.50. The minimum Gasteiger partial charge on any atom is -0.748 e. The van der Waals surface area contributed by atoms with E-state index in [1.54, 1.807) is 0 Å². The minimum atomic E-state index is -3.92. The summed E-state index contributed by atoms with van der Waals surface area (Å²) in [5.74, 6) is 0. The summed E-state index contributed by atoms with van der Waals surface area (Å²) in [5.41, 5.74) is 0. The summed E-state index contributed by atoms with van der Waals surface area (Å²) in [6.45, 7) is 0. The molecule has 0 aliphatic rings. The zero-order valence-electron chi connectivity index (χ0n) is 3.08. The molecule has 34 valence electrons. The second kappa shape index (κ2) is 2.88. The van der Waals surface area contributed by atoms with Crippen LogP contribution in [-0.2, 0) is 10.1 Å². The molecule has 0 aliphatic carbocycles. The van der Waals surface area contributed by atoms with Crippen LogP contribution in [0.15, 0.2) is 0 Å². The Hall–Kier alpha value is 0.793. The third kappa shape index (κ3) is 110. The van der Waals surface area contributed by atoms with E-state index in [0.29, 0.717) is 6.26 Å². The quantitative estimate of drug-likeness (QED) is 0.416. The van der Waals surface area contributed by atoms with Crippen LogP contribution in [0.2, 0.25) is 0 Å². The SMILES string of the molecule is CS(=O)(=O)[O-].[Bi+3]. The molecule has 0 amide bonds. The van der Waals surface area contributed by atoms with E-state index >= 15 is 0 Å². The van der Waals surface area contributed by atoms with Crippen LogP contribution >= 0.6 is 0 Å². The molecule has 3 nitrogen and oxygen atoms in total. The Balaban J connectivity index is 0. The normalized spacial score (nSPS) is 9.67.